The fourth-order valence-electron chi connectivity index (χ4n) is 4.70. The number of carbonyl (C=O) groups is 1. The first kappa shape index (κ1) is 24.1. The third-order valence-corrected chi connectivity index (χ3v) is 6.28. The molecule has 0 radical (unpaired) electrons. The number of ether oxygens (including phenoxy) is 3. The van der Waals surface area contributed by atoms with Crippen LogP contribution in [0.1, 0.15) is 58.4 Å². The molecule has 1 fully saturated rings. The van der Waals surface area contributed by atoms with E-state index < -0.39 is 17.6 Å². The molecule has 0 spiro atoms. The molecule has 8 nitrogen and oxygen atoms in total. The molecule has 5 rings (SSSR count). The molecule has 9 heteroatoms. The predicted octanol–water partition coefficient (Wildman–Crippen LogP) is 5.57. The van der Waals surface area contributed by atoms with Gasteiger partial charge in [0.2, 0.25) is 17.7 Å². The Morgan fingerprint density at radius 1 is 1.14 bits per heavy atom. The van der Waals surface area contributed by atoms with Crippen LogP contribution < -0.4 is 14.8 Å². The molecule has 36 heavy (non-hydrogen) atoms. The van der Waals surface area contributed by atoms with Crippen molar-refractivity contribution in [2.75, 3.05) is 0 Å². The molecule has 0 bridgehead atoms. The Labute approximate surface area is 209 Å². The van der Waals surface area contributed by atoms with E-state index in [0.29, 0.717) is 24.8 Å². The number of aromatic nitrogens is 3. The zero-order chi connectivity index (χ0) is 25.3. The fourth-order valence-corrected chi connectivity index (χ4v) is 4.70. The van der Waals surface area contributed by atoms with E-state index in [1.807, 2.05) is 51.1 Å². The second kappa shape index (κ2) is 9.79. The maximum absolute atomic E-state index is 13.3. The summed E-state index contributed by atoms with van der Waals surface area (Å²) in [6, 6.07) is 10.9. The van der Waals surface area contributed by atoms with Gasteiger partial charge in [0.25, 0.3) is 0 Å². The number of amides is 1. The van der Waals surface area contributed by atoms with Gasteiger partial charge in [-0.05, 0) is 69.4 Å². The molecule has 3 aromatic rings. The molecule has 1 aromatic carbocycles. The van der Waals surface area contributed by atoms with Crippen molar-refractivity contribution in [1.82, 2.24) is 20.1 Å². The average molecular weight is 495 g/mol. The number of alkyl carbamates (subject to hydrolysis) is 1. The average Bonchev–Trinajstić information content (AvgIpc) is 3.14. The van der Waals surface area contributed by atoms with Crippen molar-refractivity contribution in [2.24, 2.45) is 0 Å². The standard InChI is InChI=1S/C27H31FN4O4/c1-27(2,3)36-26(33)29-18-6-4-5-7-20(15-18)35-24-11-10-22-21-9-8-19(32-13-12-23(28)31-32)14-17(21)16-34-25(22)30-24/h8-14,18,20H,4-7,15-16H2,1-3H3,(H,29,33)/t18?,20-/m1/s1. The summed E-state index contributed by atoms with van der Waals surface area (Å²) in [5.41, 5.74) is 3.11. The molecule has 2 aromatic heterocycles. The minimum atomic E-state index is -0.533. The first-order valence-electron chi connectivity index (χ1n) is 12.4. The number of rotatable bonds is 4. The summed E-state index contributed by atoms with van der Waals surface area (Å²) in [7, 11) is 0. The van der Waals surface area contributed by atoms with Crippen LogP contribution in [0.5, 0.6) is 11.8 Å². The van der Waals surface area contributed by atoms with E-state index in [2.05, 4.69) is 15.4 Å². The monoisotopic (exact) mass is 494 g/mol. The molecule has 1 aliphatic carbocycles. The van der Waals surface area contributed by atoms with Crippen molar-refractivity contribution in [3.8, 4) is 28.6 Å². The highest BCUT2D eigenvalue weighted by Crippen LogP contribution is 2.38. The molecule has 3 heterocycles. The van der Waals surface area contributed by atoms with Crippen LogP contribution in [-0.2, 0) is 11.3 Å². The Morgan fingerprint density at radius 3 is 2.72 bits per heavy atom. The molecular weight excluding hydrogens is 463 g/mol. The molecule has 1 aliphatic heterocycles. The Morgan fingerprint density at radius 2 is 1.94 bits per heavy atom. The first-order chi connectivity index (χ1) is 17.2. The summed E-state index contributed by atoms with van der Waals surface area (Å²) >= 11 is 0. The number of nitrogens with zero attached hydrogens (tertiary/aromatic N) is 3. The summed E-state index contributed by atoms with van der Waals surface area (Å²) < 4.78 is 32.4. The SMILES string of the molecule is CC(C)(C)OC(=O)NC1CCCC[C@@H](Oc2ccc3c(n2)OCc2cc(-n4ccc(F)n4)ccc2-3)C1. The van der Waals surface area contributed by atoms with E-state index in [4.69, 9.17) is 14.2 Å². The number of carbonyl (C=O) groups excluding carboxylic acids is 1. The summed E-state index contributed by atoms with van der Waals surface area (Å²) in [6.45, 7) is 5.91. The lowest BCUT2D eigenvalue weighted by Gasteiger charge is -2.25. The van der Waals surface area contributed by atoms with Crippen LogP contribution in [0, 0.1) is 5.95 Å². The van der Waals surface area contributed by atoms with Crippen LogP contribution in [0.2, 0.25) is 0 Å². The smallest absolute Gasteiger partial charge is 0.407 e. The highest BCUT2D eigenvalue weighted by Gasteiger charge is 2.26. The van der Waals surface area contributed by atoms with Gasteiger partial charge in [0.1, 0.15) is 18.3 Å². The van der Waals surface area contributed by atoms with Gasteiger partial charge in [0.05, 0.1) is 5.69 Å². The minimum absolute atomic E-state index is 0.00874. The number of hydrogen-bond donors (Lipinski definition) is 1. The number of hydrogen-bond acceptors (Lipinski definition) is 6. The van der Waals surface area contributed by atoms with Gasteiger partial charge in [0.15, 0.2) is 0 Å². The Kier molecular flexibility index (Phi) is 6.55. The minimum Gasteiger partial charge on any atom is -0.474 e. The third kappa shape index (κ3) is 5.61. The molecule has 1 N–H and O–H groups in total. The van der Waals surface area contributed by atoms with Crippen LogP contribution in [0.3, 0.4) is 0 Å². The highest BCUT2D eigenvalue weighted by atomic mass is 19.1. The lowest BCUT2D eigenvalue weighted by molar-refractivity contribution is 0.0488. The van der Waals surface area contributed by atoms with E-state index in [-0.39, 0.29) is 12.1 Å². The first-order valence-corrected chi connectivity index (χ1v) is 12.4. The van der Waals surface area contributed by atoms with Crippen molar-refractivity contribution < 1.29 is 23.4 Å². The van der Waals surface area contributed by atoms with Crippen molar-refractivity contribution in [1.29, 1.82) is 0 Å². The summed E-state index contributed by atoms with van der Waals surface area (Å²) in [4.78, 5) is 16.9. The van der Waals surface area contributed by atoms with Crippen LogP contribution in [-0.4, -0.2) is 38.6 Å². The van der Waals surface area contributed by atoms with Crippen LogP contribution in [0.15, 0.2) is 42.6 Å². The second-order valence-corrected chi connectivity index (χ2v) is 10.3. The number of pyridine rings is 1. The molecule has 1 amide bonds. The molecule has 2 aliphatic rings. The van der Waals surface area contributed by atoms with E-state index in [1.165, 1.54) is 10.7 Å². The molecule has 0 saturated heterocycles. The van der Waals surface area contributed by atoms with Gasteiger partial charge in [-0.25, -0.2) is 9.48 Å². The lowest BCUT2D eigenvalue weighted by atomic mass is 9.98. The van der Waals surface area contributed by atoms with E-state index >= 15 is 0 Å². The lowest BCUT2D eigenvalue weighted by Crippen LogP contribution is -2.40. The number of halogens is 1. The molecule has 190 valence electrons. The van der Waals surface area contributed by atoms with Crippen molar-refractivity contribution in [2.45, 2.75) is 77.2 Å². The highest BCUT2D eigenvalue weighted by molar-refractivity contribution is 5.75. The van der Waals surface area contributed by atoms with Gasteiger partial charge < -0.3 is 19.5 Å². The second-order valence-electron chi connectivity index (χ2n) is 10.3. The zero-order valence-corrected chi connectivity index (χ0v) is 20.8. The van der Waals surface area contributed by atoms with Crippen LogP contribution >= 0.6 is 0 Å². The number of fused-ring (bicyclic) bond motifs is 3. The molecule has 2 atom stereocenters. The summed E-state index contributed by atoms with van der Waals surface area (Å²) in [5, 5.41) is 6.83. The van der Waals surface area contributed by atoms with E-state index in [9.17, 15) is 9.18 Å². The van der Waals surface area contributed by atoms with E-state index in [1.54, 1.807) is 6.20 Å². The maximum Gasteiger partial charge on any atom is 0.407 e. The van der Waals surface area contributed by atoms with E-state index in [0.717, 1.165) is 48.1 Å². The number of benzene rings is 1. The normalized spacial score (nSPS) is 19.3. The van der Waals surface area contributed by atoms with Gasteiger partial charge in [-0.2, -0.15) is 9.37 Å². The van der Waals surface area contributed by atoms with Gasteiger partial charge in [-0.3, -0.25) is 0 Å². The fraction of sp³-hybridized carbons (Fsp3) is 0.444. The Hall–Kier alpha value is -3.62. The van der Waals surface area contributed by atoms with Crippen molar-refractivity contribution in [3.63, 3.8) is 0 Å². The third-order valence-electron chi connectivity index (χ3n) is 6.28. The van der Waals surface area contributed by atoms with Crippen molar-refractivity contribution in [3.05, 3.63) is 54.1 Å². The Bertz CT molecular complexity index is 1250. The number of nitrogens with one attached hydrogen (secondary N) is 1. The van der Waals surface area contributed by atoms with Crippen LogP contribution in [0.25, 0.3) is 16.8 Å². The van der Waals surface area contributed by atoms with Crippen molar-refractivity contribution >= 4 is 6.09 Å². The largest absolute Gasteiger partial charge is 0.474 e. The topological polar surface area (TPSA) is 87.5 Å². The predicted molar refractivity (Wildman–Crippen MR) is 132 cm³/mol. The maximum atomic E-state index is 13.3. The molecule has 1 unspecified atom stereocenters. The van der Waals surface area contributed by atoms with Gasteiger partial charge in [0, 0.05) is 36.4 Å². The van der Waals surface area contributed by atoms with Gasteiger partial charge in [-0.15, -0.1) is 5.10 Å². The zero-order valence-electron chi connectivity index (χ0n) is 20.8. The molecule has 1 saturated carbocycles. The summed E-state index contributed by atoms with van der Waals surface area (Å²) in [5.74, 6) is 0.505. The van der Waals surface area contributed by atoms with Gasteiger partial charge in [-0.1, -0.05) is 12.5 Å². The van der Waals surface area contributed by atoms with Crippen LogP contribution in [0.4, 0.5) is 9.18 Å². The van der Waals surface area contributed by atoms with Gasteiger partial charge >= 0.3 is 6.09 Å². The molecular formula is C27H31FN4O4. The summed E-state index contributed by atoms with van der Waals surface area (Å²) in [6.07, 6.45) is 5.65. The Balaban J connectivity index is 1.27. The quantitative estimate of drug-likeness (QED) is 0.477.